The lowest BCUT2D eigenvalue weighted by Crippen LogP contribution is -1.79. The van der Waals surface area contributed by atoms with E-state index >= 15 is 0 Å². The molecule has 0 bridgehead atoms. The minimum absolute atomic E-state index is 0.495. The van der Waals surface area contributed by atoms with Gasteiger partial charge in [-0.1, -0.05) is 46.3 Å². The number of para-hydroxylation sites is 1. The van der Waals surface area contributed by atoms with Crippen molar-refractivity contribution >= 4 is 49.1 Å². The van der Waals surface area contributed by atoms with Crippen molar-refractivity contribution in [1.29, 1.82) is 5.26 Å². The highest BCUT2D eigenvalue weighted by Crippen LogP contribution is 2.32. The molecule has 2 aromatic carbocycles. The molecule has 0 radical (unpaired) electrons. The van der Waals surface area contributed by atoms with Gasteiger partial charge in [-0.15, -0.1) is 11.3 Å². The first-order valence-corrected chi connectivity index (χ1v) is 9.18. The number of nitriles is 1. The zero-order valence-electron chi connectivity index (χ0n) is 12.9. The van der Waals surface area contributed by atoms with Crippen LogP contribution in [0.4, 0.5) is 0 Å². The number of thiazole rings is 1. The van der Waals surface area contributed by atoms with E-state index in [9.17, 15) is 5.26 Å². The summed E-state index contributed by atoms with van der Waals surface area (Å²) in [6, 6.07) is 21.7. The van der Waals surface area contributed by atoms with E-state index in [1.807, 2.05) is 60.7 Å². The lowest BCUT2D eigenvalue weighted by molar-refractivity contribution is 0.571. The third kappa shape index (κ3) is 3.14. The van der Waals surface area contributed by atoms with E-state index in [4.69, 9.17) is 4.42 Å². The van der Waals surface area contributed by atoms with Crippen LogP contribution in [0, 0.1) is 11.3 Å². The van der Waals surface area contributed by atoms with Crippen molar-refractivity contribution in [2.24, 2.45) is 0 Å². The van der Waals surface area contributed by atoms with Crippen LogP contribution in [0.1, 0.15) is 10.8 Å². The molecule has 2 heterocycles. The van der Waals surface area contributed by atoms with E-state index < -0.39 is 0 Å². The Kier molecular flexibility index (Phi) is 4.22. The van der Waals surface area contributed by atoms with Gasteiger partial charge in [0.05, 0.1) is 15.8 Å². The second kappa shape index (κ2) is 6.67. The Bertz CT molecular complexity index is 1100. The first-order valence-electron chi connectivity index (χ1n) is 7.57. The Hall–Kier alpha value is -2.68. The molecule has 0 saturated heterocycles. The standard InChI is InChI=1S/C20H11BrN2OS/c21-16-6-2-1-5-15(16)18-10-9-14(24-18)11-13(12-22)20-23-17-7-3-4-8-19(17)25-20/h1-11H/b13-11-. The fraction of sp³-hybridized carbons (Fsp3) is 0. The summed E-state index contributed by atoms with van der Waals surface area (Å²) >= 11 is 5.03. The zero-order valence-corrected chi connectivity index (χ0v) is 15.3. The molecule has 0 aliphatic rings. The van der Waals surface area contributed by atoms with Gasteiger partial charge in [0.1, 0.15) is 22.6 Å². The normalized spacial score (nSPS) is 11.6. The van der Waals surface area contributed by atoms with Crippen LogP contribution in [-0.4, -0.2) is 4.98 Å². The van der Waals surface area contributed by atoms with E-state index in [0.717, 1.165) is 26.0 Å². The summed E-state index contributed by atoms with van der Waals surface area (Å²) in [4.78, 5) is 4.54. The first-order chi connectivity index (χ1) is 12.2. The lowest BCUT2D eigenvalue weighted by atomic mass is 10.2. The van der Waals surface area contributed by atoms with Crippen LogP contribution < -0.4 is 0 Å². The number of aromatic nitrogens is 1. The van der Waals surface area contributed by atoms with Crippen molar-refractivity contribution in [3.63, 3.8) is 0 Å². The number of nitrogens with zero attached hydrogens (tertiary/aromatic N) is 2. The topological polar surface area (TPSA) is 49.8 Å². The third-order valence-electron chi connectivity index (χ3n) is 3.70. The van der Waals surface area contributed by atoms with Gasteiger partial charge in [0, 0.05) is 16.1 Å². The Morgan fingerprint density at radius 1 is 1.08 bits per heavy atom. The highest BCUT2D eigenvalue weighted by Gasteiger charge is 2.11. The Morgan fingerprint density at radius 2 is 1.88 bits per heavy atom. The molecule has 0 fully saturated rings. The smallest absolute Gasteiger partial charge is 0.135 e. The summed E-state index contributed by atoms with van der Waals surface area (Å²) in [5.41, 5.74) is 2.37. The summed E-state index contributed by atoms with van der Waals surface area (Å²) in [5.74, 6) is 1.38. The minimum Gasteiger partial charge on any atom is -0.457 e. The number of rotatable bonds is 3. The Balaban J connectivity index is 1.72. The molecular formula is C20H11BrN2OS. The predicted octanol–water partition coefficient (Wildman–Crippen LogP) is 6.38. The van der Waals surface area contributed by atoms with Crippen molar-refractivity contribution in [3.8, 4) is 17.4 Å². The zero-order chi connectivity index (χ0) is 17.2. The van der Waals surface area contributed by atoms with Crippen molar-refractivity contribution in [1.82, 2.24) is 4.98 Å². The summed E-state index contributed by atoms with van der Waals surface area (Å²) in [7, 11) is 0. The summed E-state index contributed by atoms with van der Waals surface area (Å²) < 4.78 is 7.92. The van der Waals surface area contributed by atoms with E-state index in [1.165, 1.54) is 11.3 Å². The summed E-state index contributed by atoms with van der Waals surface area (Å²) in [5, 5.41) is 10.2. The SMILES string of the molecule is N#C/C(=C/c1ccc(-c2ccccc2Br)o1)c1nc2ccccc2s1. The van der Waals surface area contributed by atoms with Crippen LogP contribution in [0.25, 0.3) is 33.2 Å². The molecule has 2 aromatic heterocycles. The predicted molar refractivity (Wildman–Crippen MR) is 105 cm³/mol. The van der Waals surface area contributed by atoms with E-state index in [-0.39, 0.29) is 0 Å². The van der Waals surface area contributed by atoms with Crippen molar-refractivity contribution < 1.29 is 4.42 Å². The van der Waals surface area contributed by atoms with Gasteiger partial charge in [-0.2, -0.15) is 5.26 Å². The average molecular weight is 407 g/mol. The van der Waals surface area contributed by atoms with Gasteiger partial charge in [-0.25, -0.2) is 4.98 Å². The van der Waals surface area contributed by atoms with Gasteiger partial charge >= 0.3 is 0 Å². The molecule has 4 aromatic rings. The van der Waals surface area contributed by atoms with Crippen LogP contribution in [0.15, 0.2) is 69.6 Å². The van der Waals surface area contributed by atoms with Gasteiger partial charge in [-0.3, -0.25) is 0 Å². The number of allylic oxidation sites excluding steroid dienone is 1. The fourth-order valence-electron chi connectivity index (χ4n) is 2.51. The van der Waals surface area contributed by atoms with Crippen LogP contribution in [0.3, 0.4) is 0 Å². The molecule has 0 spiro atoms. The van der Waals surface area contributed by atoms with E-state index in [1.54, 1.807) is 6.08 Å². The minimum atomic E-state index is 0.495. The molecule has 0 aliphatic heterocycles. The molecule has 5 heteroatoms. The van der Waals surface area contributed by atoms with Gasteiger partial charge in [-0.05, 0) is 30.3 Å². The van der Waals surface area contributed by atoms with Gasteiger partial charge in [0.2, 0.25) is 0 Å². The molecule has 0 atom stereocenters. The molecule has 0 aliphatic carbocycles. The van der Waals surface area contributed by atoms with E-state index in [0.29, 0.717) is 16.3 Å². The Morgan fingerprint density at radius 3 is 2.68 bits per heavy atom. The lowest BCUT2D eigenvalue weighted by Gasteiger charge is -1.99. The van der Waals surface area contributed by atoms with Crippen molar-refractivity contribution in [3.05, 3.63) is 75.9 Å². The number of halogens is 1. The molecule has 25 heavy (non-hydrogen) atoms. The third-order valence-corrected chi connectivity index (χ3v) is 5.46. The maximum absolute atomic E-state index is 9.53. The maximum atomic E-state index is 9.53. The van der Waals surface area contributed by atoms with Crippen LogP contribution in [0.5, 0.6) is 0 Å². The molecule has 0 N–H and O–H groups in total. The highest BCUT2D eigenvalue weighted by molar-refractivity contribution is 9.10. The number of hydrogen-bond acceptors (Lipinski definition) is 4. The van der Waals surface area contributed by atoms with Gasteiger partial charge < -0.3 is 4.42 Å². The number of furan rings is 1. The molecular weight excluding hydrogens is 396 g/mol. The van der Waals surface area contributed by atoms with Crippen LogP contribution in [-0.2, 0) is 0 Å². The Labute approximate surface area is 157 Å². The number of hydrogen-bond donors (Lipinski definition) is 0. The van der Waals surface area contributed by atoms with Gasteiger partial charge in [0.25, 0.3) is 0 Å². The quantitative estimate of drug-likeness (QED) is 0.370. The second-order valence-electron chi connectivity index (χ2n) is 5.34. The average Bonchev–Trinajstić information content (AvgIpc) is 3.26. The molecule has 120 valence electrons. The number of fused-ring (bicyclic) bond motifs is 1. The van der Waals surface area contributed by atoms with Crippen LogP contribution in [0.2, 0.25) is 0 Å². The summed E-state index contributed by atoms with van der Waals surface area (Å²) in [6.07, 6.45) is 1.73. The number of benzene rings is 2. The monoisotopic (exact) mass is 406 g/mol. The molecule has 0 saturated carbocycles. The van der Waals surface area contributed by atoms with Crippen LogP contribution >= 0.6 is 27.3 Å². The van der Waals surface area contributed by atoms with Crippen molar-refractivity contribution in [2.45, 2.75) is 0 Å². The molecule has 0 amide bonds. The first kappa shape index (κ1) is 15.8. The van der Waals surface area contributed by atoms with Gasteiger partial charge in [0.15, 0.2) is 0 Å². The maximum Gasteiger partial charge on any atom is 0.135 e. The molecule has 0 unspecified atom stereocenters. The largest absolute Gasteiger partial charge is 0.457 e. The van der Waals surface area contributed by atoms with E-state index in [2.05, 4.69) is 27.0 Å². The molecule has 3 nitrogen and oxygen atoms in total. The molecule has 4 rings (SSSR count). The second-order valence-corrected chi connectivity index (χ2v) is 7.22. The fourth-order valence-corrected chi connectivity index (χ4v) is 3.92. The van der Waals surface area contributed by atoms with Crippen molar-refractivity contribution in [2.75, 3.05) is 0 Å². The summed E-state index contributed by atoms with van der Waals surface area (Å²) in [6.45, 7) is 0. The highest BCUT2D eigenvalue weighted by atomic mass is 79.9.